The van der Waals surface area contributed by atoms with E-state index in [0.29, 0.717) is 29.7 Å². The number of benzene rings is 3. The minimum atomic E-state index is -0.162. The van der Waals surface area contributed by atoms with Gasteiger partial charge in [-0.2, -0.15) is 4.98 Å². The zero-order chi connectivity index (χ0) is 21.8. The van der Waals surface area contributed by atoms with Gasteiger partial charge in [-0.1, -0.05) is 53.6 Å². The third-order valence-corrected chi connectivity index (χ3v) is 4.83. The summed E-state index contributed by atoms with van der Waals surface area (Å²) in [6.45, 7) is 6.41. The first kappa shape index (κ1) is 20.3. The highest BCUT2D eigenvalue weighted by atomic mass is 16.5. The van der Waals surface area contributed by atoms with Gasteiger partial charge in [-0.3, -0.25) is 4.79 Å². The molecule has 1 amide bonds. The zero-order valence-corrected chi connectivity index (χ0v) is 17.8. The van der Waals surface area contributed by atoms with Gasteiger partial charge in [0.05, 0.1) is 12.3 Å². The molecule has 156 valence electrons. The Kier molecular flexibility index (Phi) is 5.80. The summed E-state index contributed by atoms with van der Waals surface area (Å²) in [6.07, 6.45) is 0. The summed E-state index contributed by atoms with van der Waals surface area (Å²) in [4.78, 5) is 17.2. The van der Waals surface area contributed by atoms with Crippen LogP contribution < -0.4 is 10.1 Å². The van der Waals surface area contributed by atoms with E-state index in [2.05, 4.69) is 15.4 Å². The SMILES string of the molecule is CCOc1nc(-c2ccc(C)cc2)n(-c2cccc(NC(=O)c3ccc(C)cc3)c2)n1. The van der Waals surface area contributed by atoms with E-state index >= 15 is 0 Å². The van der Waals surface area contributed by atoms with Crippen molar-refractivity contribution in [3.05, 3.63) is 89.5 Å². The third kappa shape index (κ3) is 4.64. The second-order valence-corrected chi connectivity index (χ2v) is 7.30. The van der Waals surface area contributed by atoms with Crippen molar-refractivity contribution in [1.82, 2.24) is 14.8 Å². The summed E-state index contributed by atoms with van der Waals surface area (Å²) in [6, 6.07) is 23.4. The molecule has 0 saturated carbocycles. The van der Waals surface area contributed by atoms with Crippen LogP contribution >= 0.6 is 0 Å². The van der Waals surface area contributed by atoms with Crippen molar-refractivity contribution in [2.45, 2.75) is 20.8 Å². The maximum absolute atomic E-state index is 12.6. The predicted octanol–water partition coefficient (Wildman–Crippen LogP) is 5.20. The standard InChI is InChI=1S/C25H24N4O2/c1-4-31-25-27-23(19-12-8-17(2)9-13-19)29(28-25)22-7-5-6-21(16-22)26-24(30)20-14-10-18(3)11-15-20/h5-16H,4H2,1-3H3,(H,26,30). The predicted molar refractivity (Wildman–Crippen MR) is 122 cm³/mol. The van der Waals surface area contributed by atoms with E-state index in [1.54, 1.807) is 4.68 Å². The molecule has 6 heteroatoms. The van der Waals surface area contributed by atoms with Crippen LogP contribution in [0.2, 0.25) is 0 Å². The average molecular weight is 412 g/mol. The van der Waals surface area contributed by atoms with Crippen molar-refractivity contribution < 1.29 is 9.53 Å². The molecule has 0 fully saturated rings. The van der Waals surface area contributed by atoms with Crippen LogP contribution in [0.4, 0.5) is 5.69 Å². The lowest BCUT2D eigenvalue weighted by Crippen LogP contribution is -2.12. The van der Waals surface area contributed by atoms with E-state index in [1.807, 2.05) is 93.6 Å². The number of rotatable bonds is 6. The van der Waals surface area contributed by atoms with Crippen molar-refractivity contribution in [3.63, 3.8) is 0 Å². The van der Waals surface area contributed by atoms with Crippen LogP contribution in [0.5, 0.6) is 6.01 Å². The minimum absolute atomic E-state index is 0.162. The van der Waals surface area contributed by atoms with Crippen LogP contribution in [-0.4, -0.2) is 27.3 Å². The van der Waals surface area contributed by atoms with Crippen molar-refractivity contribution in [1.29, 1.82) is 0 Å². The number of carbonyl (C=O) groups is 1. The molecule has 0 unspecified atom stereocenters. The fourth-order valence-electron chi connectivity index (χ4n) is 3.18. The normalized spacial score (nSPS) is 10.7. The Labute approximate surface area is 181 Å². The topological polar surface area (TPSA) is 69.0 Å². The quantitative estimate of drug-likeness (QED) is 0.472. The molecule has 0 aliphatic heterocycles. The number of nitrogens with one attached hydrogen (secondary N) is 1. The molecular formula is C25H24N4O2. The molecule has 4 aromatic rings. The molecule has 31 heavy (non-hydrogen) atoms. The van der Waals surface area contributed by atoms with Gasteiger partial charge in [0.1, 0.15) is 0 Å². The molecular weight excluding hydrogens is 388 g/mol. The van der Waals surface area contributed by atoms with E-state index in [1.165, 1.54) is 5.56 Å². The lowest BCUT2D eigenvalue weighted by Gasteiger charge is -2.10. The number of hydrogen-bond donors (Lipinski definition) is 1. The molecule has 6 nitrogen and oxygen atoms in total. The Bertz CT molecular complexity index is 1200. The Morgan fingerprint density at radius 3 is 2.32 bits per heavy atom. The van der Waals surface area contributed by atoms with Gasteiger partial charge in [0, 0.05) is 16.8 Å². The summed E-state index contributed by atoms with van der Waals surface area (Å²) in [7, 11) is 0. The molecule has 1 heterocycles. The Hall–Kier alpha value is -3.93. The Morgan fingerprint density at radius 2 is 1.65 bits per heavy atom. The number of aromatic nitrogens is 3. The van der Waals surface area contributed by atoms with Crippen molar-refractivity contribution in [2.24, 2.45) is 0 Å². The van der Waals surface area contributed by atoms with E-state index in [-0.39, 0.29) is 5.91 Å². The van der Waals surface area contributed by atoms with Crippen molar-refractivity contribution >= 4 is 11.6 Å². The van der Waals surface area contributed by atoms with Gasteiger partial charge >= 0.3 is 6.01 Å². The maximum atomic E-state index is 12.6. The molecule has 1 N–H and O–H groups in total. The Morgan fingerprint density at radius 1 is 0.968 bits per heavy atom. The highest BCUT2D eigenvalue weighted by molar-refractivity contribution is 6.04. The lowest BCUT2D eigenvalue weighted by molar-refractivity contribution is 0.102. The minimum Gasteiger partial charge on any atom is -0.463 e. The number of hydrogen-bond acceptors (Lipinski definition) is 4. The third-order valence-electron chi connectivity index (χ3n) is 4.83. The van der Waals surface area contributed by atoms with Gasteiger partial charge in [-0.25, -0.2) is 4.68 Å². The molecule has 0 bridgehead atoms. The van der Waals surface area contributed by atoms with Crippen LogP contribution in [0.15, 0.2) is 72.8 Å². The molecule has 0 aliphatic rings. The maximum Gasteiger partial charge on any atom is 0.336 e. The molecule has 0 aliphatic carbocycles. The second-order valence-electron chi connectivity index (χ2n) is 7.30. The van der Waals surface area contributed by atoms with Crippen LogP contribution in [0, 0.1) is 13.8 Å². The van der Waals surface area contributed by atoms with Gasteiger partial charge in [-0.15, -0.1) is 5.10 Å². The van der Waals surface area contributed by atoms with Crippen LogP contribution in [0.3, 0.4) is 0 Å². The van der Waals surface area contributed by atoms with Gasteiger partial charge in [0.2, 0.25) is 0 Å². The van der Waals surface area contributed by atoms with Crippen molar-refractivity contribution in [3.8, 4) is 23.1 Å². The highest BCUT2D eigenvalue weighted by Crippen LogP contribution is 2.25. The van der Waals surface area contributed by atoms with Crippen molar-refractivity contribution in [2.75, 3.05) is 11.9 Å². The number of amides is 1. The van der Waals surface area contributed by atoms with Gasteiger partial charge in [0.15, 0.2) is 5.82 Å². The largest absolute Gasteiger partial charge is 0.463 e. The first-order valence-electron chi connectivity index (χ1n) is 10.2. The van der Waals surface area contributed by atoms with E-state index < -0.39 is 0 Å². The van der Waals surface area contributed by atoms with Gasteiger partial charge in [0.25, 0.3) is 5.91 Å². The van der Waals surface area contributed by atoms with Crippen LogP contribution in [0.25, 0.3) is 17.1 Å². The molecule has 0 radical (unpaired) electrons. The summed E-state index contributed by atoms with van der Waals surface area (Å²) < 4.78 is 7.28. The number of anilines is 1. The fourth-order valence-corrected chi connectivity index (χ4v) is 3.18. The molecule has 0 spiro atoms. The average Bonchev–Trinajstić information content (AvgIpc) is 3.19. The molecule has 4 rings (SSSR count). The smallest absolute Gasteiger partial charge is 0.336 e. The monoisotopic (exact) mass is 412 g/mol. The Balaban J connectivity index is 1.67. The summed E-state index contributed by atoms with van der Waals surface area (Å²) in [5.74, 6) is 0.509. The molecule has 0 atom stereocenters. The second kappa shape index (κ2) is 8.83. The number of ether oxygens (including phenoxy) is 1. The van der Waals surface area contributed by atoms with Crippen LogP contribution in [0.1, 0.15) is 28.4 Å². The molecule has 3 aromatic carbocycles. The van der Waals surface area contributed by atoms with Gasteiger partial charge in [-0.05, 0) is 51.1 Å². The number of nitrogens with zero attached hydrogens (tertiary/aromatic N) is 3. The zero-order valence-electron chi connectivity index (χ0n) is 17.8. The highest BCUT2D eigenvalue weighted by Gasteiger charge is 2.15. The van der Waals surface area contributed by atoms with Crippen LogP contribution in [-0.2, 0) is 0 Å². The summed E-state index contributed by atoms with van der Waals surface area (Å²) in [5, 5.41) is 7.48. The van der Waals surface area contributed by atoms with E-state index in [9.17, 15) is 4.79 Å². The van der Waals surface area contributed by atoms with Gasteiger partial charge < -0.3 is 10.1 Å². The number of carbonyl (C=O) groups excluding carboxylic acids is 1. The summed E-state index contributed by atoms with van der Waals surface area (Å²) in [5.41, 5.74) is 5.26. The molecule has 1 aromatic heterocycles. The molecule has 0 saturated heterocycles. The van der Waals surface area contributed by atoms with E-state index in [4.69, 9.17) is 4.74 Å². The lowest BCUT2D eigenvalue weighted by atomic mass is 10.1. The first-order chi connectivity index (χ1) is 15.0. The van der Waals surface area contributed by atoms with E-state index in [0.717, 1.165) is 16.8 Å². The first-order valence-corrected chi connectivity index (χ1v) is 10.2. The fraction of sp³-hybridized carbons (Fsp3) is 0.160. The number of aryl methyl sites for hydroxylation is 2. The summed E-state index contributed by atoms with van der Waals surface area (Å²) >= 11 is 0.